The number of hydrogen-bond acceptors (Lipinski definition) is 1. The van der Waals surface area contributed by atoms with Gasteiger partial charge in [-0.15, -0.1) is 0 Å². The number of benzene rings is 8. The normalized spacial score (nSPS) is 11.9. The number of rotatable bonds is 14. The van der Waals surface area contributed by atoms with Gasteiger partial charge in [-0.1, -0.05) is 173 Å². The van der Waals surface area contributed by atoms with Crippen LogP contribution in [0.2, 0.25) is 0 Å². The van der Waals surface area contributed by atoms with E-state index in [1.165, 1.54) is 93.5 Å². The Bertz CT molecular complexity index is 2440. The second-order valence-electron chi connectivity index (χ2n) is 15.0. The van der Waals surface area contributed by atoms with E-state index in [2.05, 4.69) is 184 Å². The number of hydrogen-bond donors (Lipinski definition) is 0. The van der Waals surface area contributed by atoms with Crippen molar-refractivity contribution in [2.75, 3.05) is 0 Å². The fraction of sp³-hybridized carbons (Fsp3) is 0.185. The van der Waals surface area contributed by atoms with Crippen molar-refractivity contribution >= 4 is 67.4 Å². The molecule has 0 saturated carbocycles. The molecule has 0 N–H and O–H groups in total. The van der Waals surface area contributed by atoms with E-state index in [-0.39, 0.29) is 0 Å². The molecule has 0 spiro atoms. The van der Waals surface area contributed by atoms with Gasteiger partial charge in [0.2, 0.25) is 0 Å². The summed E-state index contributed by atoms with van der Waals surface area (Å²) in [6.07, 6.45) is 18.9. The van der Waals surface area contributed by atoms with E-state index in [0.717, 1.165) is 45.9 Å². The van der Waals surface area contributed by atoms with Gasteiger partial charge in [0.1, 0.15) is 11.5 Å². The van der Waals surface area contributed by atoms with Crippen molar-refractivity contribution in [1.82, 2.24) is 0 Å². The summed E-state index contributed by atoms with van der Waals surface area (Å²) < 4.78 is 6.83. The first-order chi connectivity index (χ1) is 27.1. The molecular formula is C54H50O. The van der Waals surface area contributed by atoms with E-state index >= 15 is 0 Å². The predicted octanol–water partition coefficient (Wildman–Crippen LogP) is 15.9. The zero-order valence-corrected chi connectivity index (χ0v) is 32.2. The van der Waals surface area contributed by atoms with Crippen LogP contribution in [0.15, 0.2) is 146 Å². The van der Waals surface area contributed by atoms with Crippen LogP contribution in [0.25, 0.3) is 67.4 Å². The summed E-state index contributed by atoms with van der Waals surface area (Å²) in [7, 11) is 0. The molecule has 0 amide bonds. The average Bonchev–Trinajstić information content (AvgIpc) is 3.22. The highest BCUT2D eigenvalue weighted by Gasteiger charge is 2.11. The molecule has 1 nitrogen and oxygen atoms in total. The molecule has 8 aromatic carbocycles. The summed E-state index contributed by atoms with van der Waals surface area (Å²) in [6.45, 7) is 4.52. The molecule has 0 saturated heterocycles. The van der Waals surface area contributed by atoms with Gasteiger partial charge in [-0.25, -0.2) is 0 Å². The van der Waals surface area contributed by atoms with E-state index in [9.17, 15) is 0 Å². The van der Waals surface area contributed by atoms with Gasteiger partial charge in [0.15, 0.2) is 0 Å². The molecule has 0 aliphatic rings. The first-order valence-electron chi connectivity index (χ1n) is 20.3. The number of fused-ring (bicyclic) bond motifs is 4. The van der Waals surface area contributed by atoms with Crippen molar-refractivity contribution in [2.45, 2.75) is 65.2 Å². The Balaban J connectivity index is 1.05. The zero-order chi connectivity index (χ0) is 37.4. The molecule has 0 radical (unpaired) electrons. The zero-order valence-electron chi connectivity index (χ0n) is 32.2. The van der Waals surface area contributed by atoms with Crippen LogP contribution in [-0.4, -0.2) is 0 Å². The van der Waals surface area contributed by atoms with Crippen LogP contribution in [0, 0.1) is 0 Å². The molecule has 0 unspecified atom stereocenters. The van der Waals surface area contributed by atoms with Crippen LogP contribution >= 0.6 is 0 Å². The maximum Gasteiger partial charge on any atom is 0.135 e. The Morgan fingerprint density at radius 2 is 0.764 bits per heavy atom. The number of unbranched alkanes of at least 4 members (excludes halogenated alkanes) is 4. The number of ether oxygens (including phenoxy) is 1. The minimum absolute atomic E-state index is 0.861. The van der Waals surface area contributed by atoms with Gasteiger partial charge in [0, 0.05) is 10.8 Å². The van der Waals surface area contributed by atoms with Crippen LogP contribution in [0.5, 0.6) is 11.5 Å². The van der Waals surface area contributed by atoms with E-state index in [1.807, 2.05) is 0 Å². The van der Waals surface area contributed by atoms with Gasteiger partial charge < -0.3 is 4.74 Å². The molecule has 272 valence electrons. The summed E-state index contributed by atoms with van der Waals surface area (Å²) in [5.74, 6) is 1.72. The van der Waals surface area contributed by atoms with Crippen molar-refractivity contribution < 1.29 is 4.74 Å². The van der Waals surface area contributed by atoms with Gasteiger partial charge in [0.05, 0.1) is 0 Å². The molecule has 0 aliphatic carbocycles. The van der Waals surface area contributed by atoms with E-state index < -0.39 is 0 Å². The summed E-state index contributed by atoms with van der Waals surface area (Å²) in [5.41, 5.74) is 7.71. The third kappa shape index (κ3) is 8.43. The maximum absolute atomic E-state index is 6.83. The largest absolute Gasteiger partial charge is 0.456 e. The van der Waals surface area contributed by atoms with Crippen molar-refractivity contribution in [3.8, 4) is 11.5 Å². The molecular weight excluding hydrogens is 665 g/mol. The van der Waals surface area contributed by atoms with Gasteiger partial charge >= 0.3 is 0 Å². The van der Waals surface area contributed by atoms with Crippen molar-refractivity contribution in [1.29, 1.82) is 0 Å². The molecule has 0 fully saturated rings. The minimum atomic E-state index is 0.861. The molecule has 0 aliphatic heterocycles. The molecule has 1 heteroatoms. The first-order valence-corrected chi connectivity index (χ1v) is 20.3. The lowest BCUT2D eigenvalue weighted by molar-refractivity contribution is 0.494. The second kappa shape index (κ2) is 17.0. The summed E-state index contributed by atoms with van der Waals surface area (Å²) in [5, 5.41) is 9.41. The Kier molecular flexibility index (Phi) is 11.2. The lowest BCUT2D eigenvalue weighted by Crippen LogP contribution is -1.89. The highest BCUT2D eigenvalue weighted by molar-refractivity contribution is 6.06. The fourth-order valence-corrected chi connectivity index (χ4v) is 7.80. The Morgan fingerprint density at radius 1 is 0.382 bits per heavy atom. The minimum Gasteiger partial charge on any atom is -0.456 e. The summed E-state index contributed by atoms with van der Waals surface area (Å²) >= 11 is 0. The van der Waals surface area contributed by atoms with Gasteiger partial charge in [-0.2, -0.15) is 0 Å². The van der Waals surface area contributed by atoms with Gasteiger partial charge in [-0.05, 0) is 128 Å². The molecule has 0 heterocycles. The van der Waals surface area contributed by atoms with E-state index in [4.69, 9.17) is 4.74 Å². The standard InChI is InChI=1S/C54H50O/c1-3-5-7-13-39-23-27-41(28-24-39)31-33-43-15-9-17-45-37-51-47(35-49(43)45)19-11-21-53(51)55-54-22-12-20-48-36-50-44(16-10-18-46(50)38-52(48)54)34-32-42-29-25-40(26-30-42)14-8-6-4-2/h9-12,15-38H,3-8,13-14H2,1-2H3. The lowest BCUT2D eigenvalue weighted by Gasteiger charge is -2.14. The predicted molar refractivity (Wildman–Crippen MR) is 240 cm³/mol. The Labute approximate surface area is 326 Å². The van der Waals surface area contributed by atoms with Crippen LogP contribution in [0.4, 0.5) is 0 Å². The second-order valence-corrected chi connectivity index (χ2v) is 15.0. The first kappa shape index (κ1) is 36.1. The third-order valence-electron chi connectivity index (χ3n) is 11.0. The molecule has 0 atom stereocenters. The molecule has 8 aromatic rings. The SMILES string of the molecule is CCCCCc1ccc(C=Cc2cccc3cc4c(Oc5cccc6cc7c(C=Cc8ccc(CCCCC)cc8)cccc7cc56)cccc4cc23)cc1. The Hall–Kier alpha value is -5.92. The van der Waals surface area contributed by atoms with Crippen LogP contribution in [-0.2, 0) is 12.8 Å². The van der Waals surface area contributed by atoms with Crippen molar-refractivity contribution in [3.05, 3.63) is 179 Å². The highest BCUT2D eigenvalue weighted by atomic mass is 16.5. The summed E-state index contributed by atoms with van der Waals surface area (Å²) in [4.78, 5) is 0. The fourth-order valence-electron chi connectivity index (χ4n) is 7.80. The smallest absolute Gasteiger partial charge is 0.135 e. The van der Waals surface area contributed by atoms with Gasteiger partial charge in [0.25, 0.3) is 0 Å². The van der Waals surface area contributed by atoms with Crippen LogP contribution < -0.4 is 4.74 Å². The lowest BCUT2D eigenvalue weighted by atomic mass is 9.98. The molecule has 8 rings (SSSR count). The molecule has 0 bridgehead atoms. The van der Waals surface area contributed by atoms with E-state index in [1.54, 1.807) is 0 Å². The van der Waals surface area contributed by atoms with Crippen molar-refractivity contribution in [3.63, 3.8) is 0 Å². The number of aryl methyl sites for hydroxylation is 2. The maximum atomic E-state index is 6.83. The molecule has 0 aromatic heterocycles. The van der Waals surface area contributed by atoms with E-state index in [0.29, 0.717) is 0 Å². The average molecular weight is 715 g/mol. The Morgan fingerprint density at radius 3 is 1.18 bits per heavy atom. The quantitative estimate of drug-likeness (QED) is 0.0619. The summed E-state index contributed by atoms with van der Waals surface area (Å²) in [6, 6.07) is 53.1. The monoisotopic (exact) mass is 714 g/mol. The van der Waals surface area contributed by atoms with Crippen molar-refractivity contribution in [2.24, 2.45) is 0 Å². The van der Waals surface area contributed by atoms with Crippen LogP contribution in [0.3, 0.4) is 0 Å². The topological polar surface area (TPSA) is 9.23 Å². The molecule has 55 heavy (non-hydrogen) atoms. The van der Waals surface area contributed by atoms with Gasteiger partial charge in [-0.3, -0.25) is 0 Å². The van der Waals surface area contributed by atoms with Crippen LogP contribution in [0.1, 0.15) is 85.8 Å². The highest BCUT2D eigenvalue weighted by Crippen LogP contribution is 2.38. The third-order valence-corrected chi connectivity index (χ3v) is 11.0.